The highest BCUT2D eigenvalue weighted by Gasteiger charge is 2.26. The first-order valence-electron chi connectivity index (χ1n) is 8.60. The van der Waals surface area contributed by atoms with E-state index < -0.39 is 10.0 Å². The number of carbonyl (C=O) groups is 2. The van der Waals surface area contributed by atoms with Gasteiger partial charge in [-0.25, -0.2) is 8.42 Å². The first kappa shape index (κ1) is 20.3. The summed E-state index contributed by atoms with van der Waals surface area (Å²) in [7, 11) is -3.33. The molecular formula is C19H20BrN3O4S. The van der Waals surface area contributed by atoms with Gasteiger partial charge in [0.05, 0.1) is 18.5 Å². The minimum Gasteiger partial charge on any atom is -0.343 e. The lowest BCUT2D eigenvalue weighted by molar-refractivity contribution is -0.115. The van der Waals surface area contributed by atoms with Crippen LogP contribution in [-0.4, -0.2) is 39.6 Å². The van der Waals surface area contributed by atoms with Gasteiger partial charge in [-0.2, -0.15) is 0 Å². The quantitative estimate of drug-likeness (QED) is 0.708. The molecule has 0 bridgehead atoms. The molecule has 0 atom stereocenters. The topological polar surface area (TPSA) is 95.6 Å². The van der Waals surface area contributed by atoms with Crippen LogP contribution < -0.4 is 14.9 Å². The third-order valence-corrected chi connectivity index (χ3v) is 6.52. The molecule has 0 radical (unpaired) electrons. The molecule has 0 aliphatic carbocycles. The highest BCUT2D eigenvalue weighted by Crippen LogP contribution is 2.30. The van der Waals surface area contributed by atoms with Crippen LogP contribution in [0.5, 0.6) is 0 Å². The van der Waals surface area contributed by atoms with Crippen molar-refractivity contribution < 1.29 is 18.0 Å². The average molecular weight is 466 g/mol. The van der Waals surface area contributed by atoms with Crippen molar-refractivity contribution >= 4 is 49.1 Å². The van der Waals surface area contributed by atoms with Crippen LogP contribution in [0.15, 0.2) is 40.9 Å². The van der Waals surface area contributed by atoms with Crippen LogP contribution in [0.2, 0.25) is 0 Å². The molecule has 3 rings (SSSR count). The number of nitrogens with one attached hydrogen (secondary N) is 2. The number of nitrogens with zero attached hydrogens (tertiary/aromatic N) is 1. The number of hydrogen-bond donors (Lipinski definition) is 2. The van der Waals surface area contributed by atoms with Gasteiger partial charge in [0, 0.05) is 22.3 Å². The molecule has 1 aliphatic heterocycles. The van der Waals surface area contributed by atoms with Gasteiger partial charge in [-0.05, 0) is 60.9 Å². The number of hydrogen-bond acceptors (Lipinski definition) is 4. The molecule has 2 aromatic carbocycles. The minimum absolute atomic E-state index is 0.166. The third-order valence-electron chi connectivity index (χ3n) is 4.45. The maximum Gasteiger partial charge on any atom is 0.251 e. The molecule has 1 heterocycles. The van der Waals surface area contributed by atoms with E-state index >= 15 is 0 Å². The van der Waals surface area contributed by atoms with E-state index in [9.17, 15) is 18.0 Å². The molecule has 0 unspecified atom stereocenters. The molecule has 0 spiro atoms. The lowest BCUT2D eigenvalue weighted by Gasteiger charge is -2.16. The molecule has 1 aliphatic rings. The molecule has 0 fully saturated rings. The van der Waals surface area contributed by atoms with Crippen molar-refractivity contribution in [3.8, 4) is 0 Å². The summed E-state index contributed by atoms with van der Waals surface area (Å²) in [5, 5.41) is 5.32. The van der Waals surface area contributed by atoms with Crippen LogP contribution in [0.3, 0.4) is 0 Å². The third kappa shape index (κ3) is 4.53. The Labute approximate surface area is 172 Å². The van der Waals surface area contributed by atoms with Gasteiger partial charge in [0.2, 0.25) is 15.9 Å². The summed E-state index contributed by atoms with van der Waals surface area (Å²) >= 11 is 3.40. The Morgan fingerprint density at radius 3 is 2.61 bits per heavy atom. The normalized spacial score (nSPS) is 13.2. The first-order valence-corrected chi connectivity index (χ1v) is 11.2. The highest BCUT2D eigenvalue weighted by atomic mass is 79.9. The molecular weight excluding hydrogens is 446 g/mol. The Bertz CT molecular complexity index is 1050. The first-order chi connectivity index (χ1) is 13.1. The zero-order valence-electron chi connectivity index (χ0n) is 15.5. The van der Waals surface area contributed by atoms with Crippen molar-refractivity contribution in [2.24, 2.45) is 0 Å². The molecule has 148 valence electrons. The second kappa shape index (κ2) is 7.92. The van der Waals surface area contributed by atoms with Gasteiger partial charge < -0.3 is 10.6 Å². The summed E-state index contributed by atoms with van der Waals surface area (Å²) in [6.07, 6.45) is 1.71. The Balaban J connectivity index is 1.61. The minimum atomic E-state index is -3.33. The highest BCUT2D eigenvalue weighted by molar-refractivity contribution is 9.10. The zero-order valence-corrected chi connectivity index (χ0v) is 17.9. The second-order valence-corrected chi connectivity index (χ2v) is 9.38. The molecule has 0 aromatic heterocycles. The number of aryl methyl sites for hydroxylation is 1. The van der Waals surface area contributed by atoms with E-state index in [1.807, 2.05) is 19.1 Å². The van der Waals surface area contributed by atoms with E-state index in [1.54, 1.807) is 24.3 Å². The SMILES string of the molecule is Cc1cc(NC(=O)CNC(=O)c2ccc3c(c2)CCN3S(C)(=O)=O)ccc1Br. The van der Waals surface area contributed by atoms with Crippen LogP contribution in [-0.2, 0) is 21.2 Å². The molecule has 0 saturated heterocycles. The zero-order chi connectivity index (χ0) is 20.5. The maximum absolute atomic E-state index is 12.3. The number of anilines is 2. The number of fused-ring (bicyclic) bond motifs is 1. The van der Waals surface area contributed by atoms with E-state index in [4.69, 9.17) is 0 Å². The molecule has 2 amide bonds. The number of carbonyl (C=O) groups excluding carboxylic acids is 2. The van der Waals surface area contributed by atoms with Crippen molar-refractivity contribution in [3.63, 3.8) is 0 Å². The van der Waals surface area contributed by atoms with Crippen molar-refractivity contribution in [1.29, 1.82) is 0 Å². The van der Waals surface area contributed by atoms with Crippen LogP contribution in [0.4, 0.5) is 11.4 Å². The predicted molar refractivity (Wildman–Crippen MR) is 112 cm³/mol. The van der Waals surface area contributed by atoms with Crippen molar-refractivity contribution in [1.82, 2.24) is 5.32 Å². The van der Waals surface area contributed by atoms with Gasteiger partial charge in [-0.1, -0.05) is 15.9 Å². The fourth-order valence-corrected chi connectivity index (χ4v) is 4.25. The molecule has 9 heteroatoms. The number of benzene rings is 2. The van der Waals surface area contributed by atoms with E-state index in [2.05, 4.69) is 26.6 Å². The summed E-state index contributed by atoms with van der Waals surface area (Å²) in [6.45, 7) is 2.12. The van der Waals surface area contributed by atoms with Crippen LogP contribution >= 0.6 is 15.9 Å². The average Bonchev–Trinajstić information content (AvgIpc) is 3.06. The van der Waals surface area contributed by atoms with Gasteiger partial charge in [-0.3, -0.25) is 13.9 Å². The molecule has 28 heavy (non-hydrogen) atoms. The summed E-state index contributed by atoms with van der Waals surface area (Å²) in [4.78, 5) is 24.4. The number of halogens is 1. The van der Waals surface area contributed by atoms with Gasteiger partial charge in [-0.15, -0.1) is 0 Å². The summed E-state index contributed by atoms with van der Waals surface area (Å²) in [5.41, 5.74) is 3.43. The number of amides is 2. The van der Waals surface area contributed by atoms with Crippen LogP contribution in [0.1, 0.15) is 21.5 Å². The standard InChI is InChI=1S/C19H20BrN3O4S/c1-12-9-15(4-5-16(12)20)22-18(24)11-21-19(25)14-3-6-17-13(10-14)7-8-23(17)28(2,26)27/h3-6,9-10H,7-8,11H2,1-2H3,(H,21,25)(H,22,24). The smallest absolute Gasteiger partial charge is 0.251 e. The fourth-order valence-electron chi connectivity index (χ4n) is 3.05. The van der Waals surface area contributed by atoms with E-state index in [0.29, 0.717) is 29.9 Å². The van der Waals surface area contributed by atoms with Crippen molar-refractivity contribution in [2.75, 3.05) is 29.0 Å². The Morgan fingerprint density at radius 2 is 1.93 bits per heavy atom. The van der Waals surface area contributed by atoms with Gasteiger partial charge in [0.1, 0.15) is 0 Å². The number of sulfonamides is 1. The predicted octanol–water partition coefficient (Wildman–Crippen LogP) is 2.45. The van der Waals surface area contributed by atoms with E-state index in [0.717, 1.165) is 21.9 Å². The van der Waals surface area contributed by atoms with Crippen molar-refractivity contribution in [3.05, 3.63) is 57.6 Å². The Morgan fingerprint density at radius 1 is 1.18 bits per heavy atom. The fraction of sp³-hybridized carbons (Fsp3) is 0.263. The summed E-state index contributed by atoms with van der Waals surface area (Å²) in [5.74, 6) is -0.720. The second-order valence-electron chi connectivity index (χ2n) is 6.62. The monoisotopic (exact) mass is 465 g/mol. The maximum atomic E-state index is 12.3. The largest absolute Gasteiger partial charge is 0.343 e. The number of rotatable bonds is 5. The van der Waals surface area contributed by atoms with Gasteiger partial charge >= 0.3 is 0 Å². The lowest BCUT2D eigenvalue weighted by Crippen LogP contribution is -2.33. The lowest BCUT2D eigenvalue weighted by atomic mass is 10.1. The Kier molecular flexibility index (Phi) is 5.76. The molecule has 0 saturated carbocycles. The Hall–Kier alpha value is -2.39. The van der Waals surface area contributed by atoms with E-state index in [-0.39, 0.29) is 18.4 Å². The summed E-state index contributed by atoms with van der Waals surface area (Å²) in [6, 6.07) is 10.3. The van der Waals surface area contributed by atoms with Gasteiger partial charge in [0.25, 0.3) is 5.91 Å². The van der Waals surface area contributed by atoms with Crippen LogP contribution in [0.25, 0.3) is 0 Å². The molecule has 7 nitrogen and oxygen atoms in total. The molecule has 2 N–H and O–H groups in total. The molecule has 2 aromatic rings. The van der Waals surface area contributed by atoms with Crippen molar-refractivity contribution in [2.45, 2.75) is 13.3 Å². The van der Waals surface area contributed by atoms with Crippen LogP contribution in [0, 0.1) is 6.92 Å². The van der Waals surface area contributed by atoms with E-state index in [1.165, 1.54) is 4.31 Å². The summed E-state index contributed by atoms with van der Waals surface area (Å²) < 4.78 is 25.8. The van der Waals surface area contributed by atoms with Gasteiger partial charge in [0.15, 0.2) is 0 Å².